The van der Waals surface area contributed by atoms with Gasteiger partial charge in [0.05, 0.1) is 30.5 Å². The molecule has 1 N–H and O–H groups in total. The lowest BCUT2D eigenvalue weighted by atomic mass is 9.49. The van der Waals surface area contributed by atoms with Gasteiger partial charge in [-0.25, -0.2) is 0 Å². The number of Topliss-reactive ketones (excluding diaryl/α,β-unsaturated/α-hetero) is 1. The Bertz CT molecular complexity index is 587. The molecule has 0 radical (unpaired) electrons. The lowest BCUT2D eigenvalue weighted by Crippen LogP contribution is -2.70. The van der Waals surface area contributed by atoms with Crippen molar-refractivity contribution in [3.63, 3.8) is 0 Å². The fourth-order valence-corrected chi connectivity index (χ4v) is 7.07. The normalized spacial score (nSPS) is 51.5. The summed E-state index contributed by atoms with van der Waals surface area (Å²) in [6.45, 7) is 0. The molecule has 28 heavy (non-hydrogen) atoms. The second kappa shape index (κ2) is 7.93. The van der Waals surface area contributed by atoms with Gasteiger partial charge in [0.2, 0.25) is 0 Å². The second-order valence-electron chi connectivity index (χ2n) is 9.14. The summed E-state index contributed by atoms with van der Waals surface area (Å²) in [6, 6.07) is -0.257. The van der Waals surface area contributed by atoms with Gasteiger partial charge in [-0.2, -0.15) is 0 Å². The molecule has 0 aromatic carbocycles. The molecule has 0 aromatic heterocycles. The van der Waals surface area contributed by atoms with Gasteiger partial charge in [0.25, 0.3) is 0 Å². The van der Waals surface area contributed by atoms with Crippen LogP contribution in [0, 0.1) is 29.6 Å². The number of aliphatic hydroxyl groups is 1. The van der Waals surface area contributed by atoms with Gasteiger partial charge in [-0.15, -0.1) is 0 Å². The third-order valence-corrected chi connectivity index (χ3v) is 8.31. The van der Waals surface area contributed by atoms with E-state index in [1.165, 1.54) is 0 Å². The van der Waals surface area contributed by atoms with Crippen LogP contribution in [-0.2, 0) is 23.7 Å². The summed E-state index contributed by atoms with van der Waals surface area (Å²) in [5.74, 6) is 1.04. The minimum Gasteiger partial charge on any atom is -0.379 e. The second-order valence-corrected chi connectivity index (χ2v) is 9.14. The number of hydrogen-bond donors (Lipinski definition) is 1. The highest BCUT2D eigenvalue weighted by atomic mass is 16.5. The van der Waals surface area contributed by atoms with Gasteiger partial charge < -0.3 is 24.1 Å². The SMILES string of the molecule is COC1CC2C(=O)C3C4C(CC(OC)C(OC)C4C2CC1OC)CC(O)N3C. The average molecular weight is 398 g/mol. The van der Waals surface area contributed by atoms with Gasteiger partial charge in [0.1, 0.15) is 6.23 Å². The molecule has 160 valence electrons. The molecule has 0 spiro atoms. The number of carbonyl (C=O) groups excluding carboxylic acids is 1. The molecule has 7 nitrogen and oxygen atoms in total. The van der Waals surface area contributed by atoms with Gasteiger partial charge in [0, 0.05) is 34.4 Å². The van der Waals surface area contributed by atoms with Gasteiger partial charge in [-0.05, 0) is 56.4 Å². The van der Waals surface area contributed by atoms with E-state index in [-0.39, 0.29) is 65.8 Å². The van der Waals surface area contributed by atoms with Crippen molar-refractivity contribution in [1.82, 2.24) is 4.90 Å². The van der Waals surface area contributed by atoms with Crippen molar-refractivity contribution in [2.24, 2.45) is 29.6 Å². The molecular weight excluding hydrogens is 362 g/mol. The van der Waals surface area contributed by atoms with E-state index in [1.807, 2.05) is 11.9 Å². The molecular formula is C21H35NO6. The van der Waals surface area contributed by atoms with E-state index in [9.17, 15) is 9.90 Å². The summed E-state index contributed by atoms with van der Waals surface area (Å²) < 4.78 is 23.3. The number of fused-ring (bicyclic) bond motifs is 2. The van der Waals surface area contributed by atoms with Crippen LogP contribution in [0.5, 0.6) is 0 Å². The zero-order valence-corrected chi connectivity index (χ0v) is 17.6. The van der Waals surface area contributed by atoms with Crippen LogP contribution in [0.15, 0.2) is 0 Å². The molecule has 3 aliphatic carbocycles. The number of methoxy groups -OCH3 is 4. The zero-order chi connectivity index (χ0) is 20.2. The number of ketones is 1. The highest BCUT2D eigenvalue weighted by Crippen LogP contribution is 2.57. The Morgan fingerprint density at radius 1 is 0.857 bits per heavy atom. The summed E-state index contributed by atoms with van der Waals surface area (Å²) >= 11 is 0. The van der Waals surface area contributed by atoms with Crippen molar-refractivity contribution in [3.05, 3.63) is 0 Å². The number of carbonyl (C=O) groups is 1. The first kappa shape index (κ1) is 20.7. The minimum absolute atomic E-state index is 0.0116. The van der Waals surface area contributed by atoms with Crippen LogP contribution in [0.1, 0.15) is 25.7 Å². The molecule has 3 saturated carbocycles. The Kier molecular flexibility index (Phi) is 5.86. The fourth-order valence-electron chi connectivity index (χ4n) is 7.07. The standard InChI is InChI=1S/C21H35NO6/c1-22-16(23)7-10-6-15(27-4)21(28-5)18-11-8-13(25-2)14(26-3)9-12(11)20(24)19(22)17(10)18/h10-19,21,23H,6-9H2,1-5H3. The molecule has 4 aliphatic rings. The zero-order valence-electron chi connectivity index (χ0n) is 17.6. The number of rotatable bonds is 4. The third kappa shape index (κ3) is 2.97. The molecule has 1 heterocycles. The summed E-state index contributed by atoms with van der Waals surface area (Å²) in [5, 5.41) is 10.7. The molecule has 1 saturated heterocycles. The van der Waals surface area contributed by atoms with Crippen molar-refractivity contribution in [2.75, 3.05) is 35.5 Å². The highest BCUT2D eigenvalue weighted by Gasteiger charge is 2.63. The third-order valence-electron chi connectivity index (χ3n) is 8.31. The van der Waals surface area contributed by atoms with Crippen molar-refractivity contribution >= 4 is 5.78 Å². The molecule has 7 heteroatoms. The summed E-state index contributed by atoms with van der Waals surface area (Å²) in [7, 11) is 8.81. The van der Waals surface area contributed by atoms with Gasteiger partial charge in [-0.1, -0.05) is 0 Å². The van der Waals surface area contributed by atoms with E-state index in [4.69, 9.17) is 18.9 Å². The molecule has 1 aliphatic heterocycles. The quantitative estimate of drug-likeness (QED) is 0.756. The van der Waals surface area contributed by atoms with E-state index in [1.54, 1.807) is 28.4 Å². The Morgan fingerprint density at radius 3 is 2.11 bits per heavy atom. The lowest BCUT2D eigenvalue weighted by Gasteiger charge is -2.62. The van der Waals surface area contributed by atoms with Crippen molar-refractivity contribution < 1.29 is 28.8 Å². The Morgan fingerprint density at radius 2 is 1.50 bits per heavy atom. The van der Waals surface area contributed by atoms with Crippen LogP contribution in [-0.4, -0.2) is 88.0 Å². The lowest BCUT2D eigenvalue weighted by molar-refractivity contribution is -0.222. The van der Waals surface area contributed by atoms with Crippen LogP contribution in [0.25, 0.3) is 0 Å². The van der Waals surface area contributed by atoms with Crippen LogP contribution in [0.3, 0.4) is 0 Å². The molecule has 11 atom stereocenters. The molecule has 4 fully saturated rings. The summed E-state index contributed by atoms with van der Waals surface area (Å²) in [4.78, 5) is 15.6. The van der Waals surface area contributed by atoms with E-state index >= 15 is 0 Å². The number of likely N-dealkylation sites (tertiary alicyclic amines) is 1. The number of piperidine rings is 1. The maximum atomic E-state index is 13.7. The van der Waals surface area contributed by atoms with Crippen LogP contribution in [0.2, 0.25) is 0 Å². The highest BCUT2D eigenvalue weighted by molar-refractivity contribution is 5.88. The van der Waals surface area contributed by atoms with Crippen molar-refractivity contribution in [3.8, 4) is 0 Å². The monoisotopic (exact) mass is 397 g/mol. The molecule has 0 bridgehead atoms. The predicted molar refractivity (Wildman–Crippen MR) is 102 cm³/mol. The number of likely N-dealkylation sites (N-methyl/N-ethyl adjacent to an activating group) is 1. The van der Waals surface area contributed by atoms with Gasteiger partial charge in [0.15, 0.2) is 5.78 Å². The van der Waals surface area contributed by atoms with Crippen molar-refractivity contribution in [1.29, 1.82) is 0 Å². The van der Waals surface area contributed by atoms with E-state index in [2.05, 4.69) is 0 Å². The van der Waals surface area contributed by atoms with Crippen LogP contribution in [0.4, 0.5) is 0 Å². The molecule has 0 amide bonds. The fraction of sp³-hybridized carbons (Fsp3) is 0.952. The predicted octanol–water partition coefficient (Wildman–Crippen LogP) is 0.930. The Balaban J connectivity index is 1.76. The Labute approximate surface area is 167 Å². The largest absolute Gasteiger partial charge is 0.379 e. The number of aliphatic hydroxyl groups excluding tert-OH is 1. The number of ether oxygens (including phenoxy) is 4. The maximum absolute atomic E-state index is 13.7. The van der Waals surface area contributed by atoms with Crippen LogP contribution < -0.4 is 0 Å². The first-order chi connectivity index (χ1) is 13.5. The van der Waals surface area contributed by atoms with Gasteiger partial charge in [-0.3, -0.25) is 9.69 Å². The first-order valence-electron chi connectivity index (χ1n) is 10.5. The van der Waals surface area contributed by atoms with Gasteiger partial charge >= 0.3 is 0 Å². The topological polar surface area (TPSA) is 77.5 Å². The molecule has 0 aromatic rings. The average Bonchev–Trinajstić information content (AvgIpc) is 2.71. The first-order valence-corrected chi connectivity index (χ1v) is 10.5. The minimum atomic E-state index is -0.586. The summed E-state index contributed by atoms with van der Waals surface area (Å²) in [5.41, 5.74) is 0. The maximum Gasteiger partial charge on any atom is 0.153 e. The number of hydrogen-bond acceptors (Lipinski definition) is 7. The Hall–Kier alpha value is -0.570. The van der Waals surface area contributed by atoms with E-state index in [0.29, 0.717) is 12.8 Å². The van der Waals surface area contributed by atoms with Crippen LogP contribution >= 0.6 is 0 Å². The smallest absolute Gasteiger partial charge is 0.153 e. The van der Waals surface area contributed by atoms with Crippen molar-refractivity contribution in [2.45, 2.75) is 62.4 Å². The number of nitrogens with zero attached hydrogens (tertiary/aromatic N) is 1. The van der Waals surface area contributed by atoms with E-state index < -0.39 is 6.23 Å². The summed E-state index contributed by atoms with van der Waals surface area (Å²) in [6.07, 6.45) is 2.25. The van der Waals surface area contributed by atoms with E-state index in [0.717, 1.165) is 12.8 Å². The molecule has 11 unspecified atom stereocenters. The molecule has 4 rings (SSSR count).